The first-order chi connectivity index (χ1) is 20.3. The maximum absolute atomic E-state index is 6.14. The molecule has 5 aromatic carbocycles. The van der Waals surface area contributed by atoms with E-state index in [2.05, 4.69) is 93.7 Å². The monoisotopic (exact) mass is 526 g/mol. The summed E-state index contributed by atoms with van der Waals surface area (Å²) in [4.78, 5) is 9.80. The third kappa shape index (κ3) is 3.36. The van der Waals surface area contributed by atoms with Crippen LogP contribution in [0.5, 0.6) is 0 Å². The van der Waals surface area contributed by atoms with Gasteiger partial charge in [-0.1, -0.05) is 60.7 Å². The first kappa shape index (κ1) is 22.2. The van der Waals surface area contributed by atoms with Crippen molar-refractivity contribution in [3.05, 3.63) is 127 Å². The molecule has 1 N–H and O–H groups in total. The van der Waals surface area contributed by atoms with Crippen molar-refractivity contribution in [1.82, 2.24) is 14.5 Å². The van der Waals surface area contributed by atoms with Gasteiger partial charge in [-0.15, -0.1) is 0 Å². The number of benzene rings is 5. The van der Waals surface area contributed by atoms with Crippen LogP contribution in [0.4, 0.5) is 11.4 Å². The lowest BCUT2D eigenvalue weighted by molar-refractivity contribution is 0.620. The molecule has 0 unspecified atom stereocenters. The van der Waals surface area contributed by atoms with Gasteiger partial charge in [0.25, 0.3) is 0 Å². The third-order valence-corrected chi connectivity index (χ3v) is 7.93. The van der Waals surface area contributed by atoms with Crippen molar-refractivity contribution in [2.45, 2.75) is 0 Å². The second kappa shape index (κ2) is 8.41. The van der Waals surface area contributed by atoms with Crippen LogP contribution in [-0.4, -0.2) is 14.5 Å². The van der Waals surface area contributed by atoms with Crippen LogP contribution in [0.25, 0.3) is 72.6 Å². The van der Waals surface area contributed by atoms with E-state index in [1.807, 2.05) is 48.5 Å². The fraction of sp³-hybridized carbons (Fsp3) is 0. The lowest BCUT2D eigenvalue weighted by Gasteiger charge is -2.22. The van der Waals surface area contributed by atoms with Crippen molar-refractivity contribution in [1.29, 1.82) is 0 Å². The molecule has 0 aliphatic carbocycles. The van der Waals surface area contributed by atoms with Crippen molar-refractivity contribution in [3.63, 3.8) is 0 Å². The normalized spacial score (nSPS) is 12.1. The highest BCUT2D eigenvalue weighted by Gasteiger charge is 2.23. The molecule has 0 spiro atoms. The van der Waals surface area contributed by atoms with E-state index in [1.54, 1.807) is 0 Å². The minimum absolute atomic E-state index is 0.620. The molecule has 41 heavy (non-hydrogen) atoms. The molecule has 0 amide bonds. The highest BCUT2D eigenvalue weighted by Crippen LogP contribution is 2.44. The maximum Gasteiger partial charge on any atom is 0.227 e. The van der Waals surface area contributed by atoms with Crippen LogP contribution in [0, 0.1) is 0 Å². The Morgan fingerprint density at radius 3 is 2.29 bits per heavy atom. The molecule has 192 valence electrons. The molecule has 0 radical (unpaired) electrons. The summed E-state index contributed by atoms with van der Waals surface area (Å²) in [6.45, 7) is 0. The van der Waals surface area contributed by atoms with Gasteiger partial charge in [0.15, 0.2) is 5.58 Å². The van der Waals surface area contributed by atoms with Crippen LogP contribution in [0.3, 0.4) is 0 Å². The minimum atomic E-state index is 0.620. The summed E-state index contributed by atoms with van der Waals surface area (Å²) in [5, 5.41) is 6.12. The van der Waals surface area contributed by atoms with Crippen LogP contribution in [0.1, 0.15) is 0 Å². The summed E-state index contributed by atoms with van der Waals surface area (Å²) in [5.41, 5.74) is 12.1. The Balaban J connectivity index is 1.18. The zero-order valence-corrected chi connectivity index (χ0v) is 21.9. The number of oxazole rings is 1. The molecule has 0 bridgehead atoms. The van der Waals surface area contributed by atoms with Crippen LogP contribution >= 0.6 is 0 Å². The van der Waals surface area contributed by atoms with Gasteiger partial charge in [0.1, 0.15) is 5.52 Å². The van der Waals surface area contributed by atoms with Crippen LogP contribution < -0.4 is 5.32 Å². The summed E-state index contributed by atoms with van der Waals surface area (Å²) >= 11 is 0. The quantitative estimate of drug-likeness (QED) is 0.249. The van der Waals surface area contributed by atoms with Gasteiger partial charge in [0.05, 0.1) is 39.5 Å². The first-order valence-electron chi connectivity index (χ1n) is 13.7. The van der Waals surface area contributed by atoms with Crippen LogP contribution in [0.2, 0.25) is 0 Å². The van der Waals surface area contributed by atoms with Gasteiger partial charge in [-0.2, -0.15) is 0 Å². The van der Waals surface area contributed by atoms with Crippen LogP contribution in [0.15, 0.2) is 132 Å². The topological polar surface area (TPSA) is 55.9 Å². The van der Waals surface area contributed by atoms with E-state index >= 15 is 0 Å². The van der Waals surface area contributed by atoms with E-state index < -0.39 is 0 Å². The average molecular weight is 527 g/mol. The molecule has 0 atom stereocenters. The molecular formula is C36H22N4O. The van der Waals surface area contributed by atoms with Crippen molar-refractivity contribution in [2.24, 2.45) is 0 Å². The smallest absolute Gasteiger partial charge is 0.227 e. The molecule has 9 rings (SSSR count). The maximum atomic E-state index is 6.14. The Hall–Kier alpha value is -5.68. The Morgan fingerprint density at radius 2 is 1.37 bits per heavy atom. The second-order valence-electron chi connectivity index (χ2n) is 10.4. The number of rotatable bonds is 3. The number of anilines is 2. The van der Waals surface area contributed by atoms with Gasteiger partial charge in [-0.05, 0) is 66.7 Å². The van der Waals surface area contributed by atoms with E-state index in [1.165, 1.54) is 21.8 Å². The third-order valence-electron chi connectivity index (χ3n) is 7.93. The molecule has 3 aromatic heterocycles. The van der Waals surface area contributed by atoms with Gasteiger partial charge in [0, 0.05) is 27.5 Å². The lowest BCUT2D eigenvalue weighted by atomic mass is 10.0. The molecule has 0 saturated carbocycles. The highest BCUT2D eigenvalue weighted by molar-refractivity contribution is 6.16. The second-order valence-corrected chi connectivity index (χ2v) is 10.4. The SMILES string of the molecule is c1ccc(-c2nc3ccc(-c4cccc(-c5cc6c7c(c5)c5ccccc5n7-c5ccccc5N6)n4)cc3o2)cc1. The Bertz CT molecular complexity index is 2300. The molecule has 4 heterocycles. The highest BCUT2D eigenvalue weighted by atomic mass is 16.3. The van der Waals surface area contributed by atoms with Gasteiger partial charge in [0.2, 0.25) is 5.89 Å². The van der Waals surface area contributed by atoms with Crippen molar-refractivity contribution < 1.29 is 4.42 Å². The lowest BCUT2D eigenvalue weighted by Crippen LogP contribution is -2.07. The fourth-order valence-corrected chi connectivity index (χ4v) is 6.05. The summed E-state index contributed by atoms with van der Waals surface area (Å²) in [6, 6.07) is 43.8. The fourth-order valence-electron chi connectivity index (χ4n) is 6.05. The van der Waals surface area contributed by atoms with Gasteiger partial charge in [-0.3, -0.25) is 0 Å². The van der Waals surface area contributed by atoms with Gasteiger partial charge in [-0.25, -0.2) is 9.97 Å². The average Bonchev–Trinajstić information content (AvgIpc) is 3.62. The summed E-state index contributed by atoms with van der Waals surface area (Å²) < 4.78 is 8.51. The van der Waals surface area contributed by atoms with E-state index in [4.69, 9.17) is 9.40 Å². The van der Waals surface area contributed by atoms with E-state index in [9.17, 15) is 0 Å². The number of pyridine rings is 1. The van der Waals surface area contributed by atoms with Crippen molar-refractivity contribution in [3.8, 4) is 39.7 Å². The summed E-state index contributed by atoms with van der Waals surface area (Å²) in [6.07, 6.45) is 0. The Kier molecular flexibility index (Phi) is 4.55. The van der Waals surface area contributed by atoms with Crippen LogP contribution in [-0.2, 0) is 0 Å². The molecule has 1 aliphatic heterocycles. The minimum Gasteiger partial charge on any atom is -0.436 e. The van der Waals surface area contributed by atoms with Gasteiger partial charge >= 0.3 is 0 Å². The standard InChI is InChI=1S/C36H22N4O/c1-2-9-22(10-3-1)36-39-30-18-17-23(21-34(30)41-36)27-13-8-14-28(37-27)24-19-26-25-11-4-6-15-32(25)40-33-16-7-5-12-29(33)38-31(20-24)35(26)40/h1-21,38H. The molecule has 1 aliphatic rings. The number of para-hydroxylation sites is 3. The number of nitrogens with one attached hydrogen (secondary N) is 1. The molecular weight excluding hydrogens is 504 g/mol. The molecule has 0 saturated heterocycles. The Morgan fingerprint density at radius 1 is 0.561 bits per heavy atom. The van der Waals surface area contributed by atoms with Crippen molar-refractivity contribution >= 4 is 44.3 Å². The zero-order chi connectivity index (χ0) is 26.9. The molecule has 0 fully saturated rings. The molecule has 5 nitrogen and oxygen atoms in total. The predicted molar refractivity (Wildman–Crippen MR) is 166 cm³/mol. The number of hydrogen-bond donors (Lipinski definition) is 1. The van der Waals surface area contributed by atoms with E-state index in [0.29, 0.717) is 5.89 Å². The van der Waals surface area contributed by atoms with Gasteiger partial charge < -0.3 is 14.3 Å². The first-order valence-corrected chi connectivity index (χ1v) is 13.7. The molecule has 5 heteroatoms. The number of nitrogens with zero attached hydrogens (tertiary/aromatic N) is 3. The number of aromatic nitrogens is 3. The summed E-state index contributed by atoms with van der Waals surface area (Å²) in [7, 11) is 0. The number of fused-ring (bicyclic) bond motifs is 6. The Labute approximate surface area is 235 Å². The summed E-state index contributed by atoms with van der Waals surface area (Å²) in [5.74, 6) is 0.620. The van der Waals surface area contributed by atoms with Crippen molar-refractivity contribution in [2.75, 3.05) is 5.32 Å². The van der Waals surface area contributed by atoms with E-state index in [0.717, 1.165) is 56.2 Å². The van der Waals surface area contributed by atoms with E-state index in [-0.39, 0.29) is 0 Å². The largest absolute Gasteiger partial charge is 0.436 e. The molecule has 8 aromatic rings. The number of hydrogen-bond acceptors (Lipinski definition) is 4. The predicted octanol–water partition coefficient (Wildman–Crippen LogP) is 9.38. The zero-order valence-electron chi connectivity index (χ0n) is 21.9.